The Bertz CT molecular complexity index is 1140. The summed E-state index contributed by atoms with van der Waals surface area (Å²) in [5.74, 6) is -1.16. The zero-order valence-electron chi connectivity index (χ0n) is 28.1. The molecule has 12 nitrogen and oxygen atoms in total. The predicted octanol–water partition coefficient (Wildman–Crippen LogP) is -1.70. The molecule has 1 aliphatic heterocycles. The van der Waals surface area contributed by atoms with Crippen LogP contribution in [0.4, 0.5) is 0 Å². The van der Waals surface area contributed by atoms with Crippen molar-refractivity contribution in [3.05, 3.63) is 0 Å². The molecule has 17 atom stereocenters. The summed E-state index contributed by atoms with van der Waals surface area (Å²) in [6.45, 7) is 10.2. The van der Waals surface area contributed by atoms with Crippen LogP contribution in [0.2, 0.25) is 0 Å². The van der Waals surface area contributed by atoms with Gasteiger partial charge in [-0.05, 0) is 104 Å². The molecule has 262 valence electrons. The van der Waals surface area contributed by atoms with Crippen molar-refractivity contribution >= 4 is 10.4 Å². The van der Waals surface area contributed by atoms with Crippen molar-refractivity contribution in [1.29, 1.82) is 0 Å². The van der Waals surface area contributed by atoms with Crippen LogP contribution in [0.25, 0.3) is 0 Å². The minimum atomic E-state index is -5.04. The maximum Gasteiger partial charge on any atom is 1.00 e. The van der Waals surface area contributed by atoms with E-state index in [9.17, 15) is 43.6 Å². The van der Waals surface area contributed by atoms with Crippen LogP contribution in [0.15, 0.2) is 0 Å². The molecule has 0 spiro atoms. The number of ether oxygens (including phenoxy) is 2. The second-order valence-corrected chi connectivity index (χ2v) is 16.9. The molecule has 0 bridgehead atoms. The van der Waals surface area contributed by atoms with E-state index in [2.05, 4.69) is 20.8 Å². The van der Waals surface area contributed by atoms with Crippen LogP contribution in [-0.4, -0.2) is 105 Å². The van der Waals surface area contributed by atoms with Crippen LogP contribution in [-0.2, 0) is 24.1 Å². The Kier molecular flexibility index (Phi) is 12.5. The molecule has 1 saturated heterocycles. The second-order valence-electron chi connectivity index (χ2n) is 15.9. The number of aliphatic hydroxyl groups is 6. The van der Waals surface area contributed by atoms with Crippen LogP contribution in [0.3, 0.4) is 0 Å². The number of hydrogen-bond acceptors (Lipinski definition) is 12. The summed E-state index contributed by atoms with van der Waals surface area (Å²) >= 11 is 0. The van der Waals surface area contributed by atoms with E-state index < -0.39 is 76.7 Å². The van der Waals surface area contributed by atoms with Gasteiger partial charge in [0.1, 0.15) is 18.3 Å². The van der Waals surface area contributed by atoms with Crippen LogP contribution in [0, 0.1) is 52.3 Å². The summed E-state index contributed by atoms with van der Waals surface area (Å²) in [5, 5.41) is 63.8. The molecule has 14 heteroatoms. The van der Waals surface area contributed by atoms with Crippen molar-refractivity contribution in [2.75, 3.05) is 6.61 Å². The van der Waals surface area contributed by atoms with Crippen molar-refractivity contribution in [2.24, 2.45) is 52.3 Å². The van der Waals surface area contributed by atoms with Crippen molar-refractivity contribution < 1.29 is 86.8 Å². The third-order valence-electron chi connectivity index (χ3n) is 13.1. The number of fused-ring (bicyclic) bond motifs is 5. The maximum absolute atomic E-state index is 12.0. The van der Waals surface area contributed by atoms with Crippen molar-refractivity contribution in [1.82, 2.24) is 0 Å². The molecule has 5 fully saturated rings. The van der Waals surface area contributed by atoms with E-state index in [-0.39, 0.29) is 77.3 Å². The smallest absolute Gasteiger partial charge is 0.726 e. The Morgan fingerprint density at radius 1 is 0.870 bits per heavy atom. The normalized spacial score (nSPS) is 48.9. The molecule has 0 aromatic heterocycles. The molecule has 1 heterocycles. The second kappa shape index (κ2) is 14.7. The molecule has 4 saturated carbocycles. The first-order valence-corrected chi connectivity index (χ1v) is 18.2. The molecule has 6 N–H and O–H groups in total. The summed E-state index contributed by atoms with van der Waals surface area (Å²) in [7, 11) is -5.04. The van der Waals surface area contributed by atoms with Gasteiger partial charge in [-0.1, -0.05) is 34.6 Å². The minimum absolute atomic E-state index is 0. The Morgan fingerprint density at radius 2 is 1.52 bits per heavy atom. The van der Waals surface area contributed by atoms with Gasteiger partial charge in [-0.25, -0.2) is 8.42 Å². The van der Waals surface area contributed by atoms with Gasteiger partial charge in [0.2, 0.25) is 10.4 Å². The molecule has 5 aliphatic rings. The van der Waals surface area contributed by atoms with E-state index in [0.29, 0.717) is 38.5 Å². The van der Waals surface area contributed by atoms with E-state index >= 15 is 0 Å². The van der Waals surface area contributed by atoms with E-state index in [1.54, 1.807) is 0 Å². The Labute approximate surface area is 295 Å². The molecule has 0 aromatic carbocycles. The maximum atomic E-state index is 12.0. The van der Waals surface area contributed by atoms with Crippen molar-refractivity contribution in [3.8, 4) is 0 Å². The fourth-order valence-corrected chi connectivity index (χ4v) is 11.2. The average Bonchev–Trinajstić information content (AvgIpc) is 3.24. The topological polar surface area (TPSA) is 206 Å². The average molecular weight is 687 g/mol. The van der Waals surface area contributed by atoms with E-state index in [4.69, 9.17) is 13.7 Å². The molecule has 46 heavy (non-hydrogen) atoms. The SMILES string of the molecule is CC(C)[C@H](CC[C@@H](C)[C@H]1C[C@H](OS(=O)(=O)[O-])[C@H]2[C@@H]3[C@H](O)[C@H](O)C4C[C@@H](O)CC[C@]4(C)[C@H]3CC[C@@]21C)O[C@@H]1OC[C@@H](O)[C@H](O)[C@H]1O.[Na+]. The first-order chi connectivity index (χ1) is 20.9. The first kappa shape index (κ1) is 39.3. The van der Waals surface area contributed by atoms with Crippen LogP contribution in [0.1, 0.15) is 86.0 Å². The van der Waals surface area contributed by atoms with Crippen LogP contribution in [0.5, 0.6) is 0 Å². The Morgan fingerprint density at radius 3 is 2.15 bits per heavy atom. The zero-order valence-corrected chi connectivity index (χ0v) is 31.0. The van der Waals surface area contributed by atoms with Gasteiger partial charge in [0.15, 0.2) is 6.29 Å². The van der Waals surface area contributed by atoms with Gasteiger partial charge in [0.25, 0.3) is 0 Å². The fraction of sp³-hybridized carbons (Fsp3) is 1.00. The number of aliphatic hydroxyl groups excluding tert-OH is 6. The largest absolute Gasteiger partial charge is 1.00 e. The van der Waals surface area contributed by atoms with Crippen LogP contribution >= 0.6 is 0 Å². The summed E-state index contributed by atoms with van der Waals surface area (Å²) in [4.78, 5) is 0. The van der Waals surface area contributed by atoms with E-state index in [1.807, 2.05) is 13.8 Å². The first-order valence-electron chi connectivity index (χ1n) is 16.9. The zero-order chi connectivity index (χ0) is 33.2. The van der Waals surface area contributed by atoms with Crippen molar-refractivity contribution in [3.63, 3.8) is 0 Å². The van der Waals surface area contributed by atoms with Gasteiger partial charge in [-0.2, -0.15) is 0 Å². The molecule has 0 radical (unpaired) electrons. The molecule has 1 unspecified atom stereocenters. The quantitative estimate of drug-likeness (QED) is 0.0913. The summed E-state index contributed by atoms with van der Waals surface area (Å²) in [5.41, 5.74) is -0.809. The standard InChI is InChI=1S/C32H56O12S.Na/c1-15(2)22(43-30-29(38)27(36)21(34)14-42-30)7-6-16(3)19-13-23(44-45(39,40)41)25-24-18(9-11-32(19,25)5)31(4)10-8-17(33)12-20(31)26(35)28(24)37;/h15-30,33-38H,6-14H2,1-5H3,(H,39,40,41);/q;+1/p-1/t16-,17+,18+,19-,20?,21-,22+,23+,24-,25+,26-,27+,28+,29-,30+,31-,32-;/m1./s1. The molecule has 5 rings (SSSR count). The number of hydrogen-bond donors (Lipinski definition) is 6. The third-order valence-corrected chi connectivity index (χ3v) is 13.6. The predicted molar refractivity (Wildman–Crippen MR) is 160 cm³/mol. The Balaban J connectivity index is 0.00000480. The molecular weight excluding hydrogens is 631 g/mol. The summed E-state index contributed by atoms with van der Waals surface area (Å²) in [6.07, 6.45) is -4.19. The van der Waals surface area contributed by atoms with Gasteiger partial charge in [-0.15, -0.1) is 0 Å². The third kappa shape index (κ3) is 7.30. The summed E-state index contributed by atoms with van der Waals surface area (Å²) < 4.78 is 53.0. The minimum Gasteiger partial charge on any atom is -0.726 e. The van der Waals surface area contributed by atoms with E-state index in [1.165, 1.54) is 0 Å². The molecule has 0 amide bonds. The van der Waals surface area contributed by atoms with Gasteiger partial charge >= 0.3 is 29.6 Å². The molecular formula is C32H55NaO12S. The van der Waals surface area contributed by atoms with Gasteiger partial charge in [0, 0.05) is 0 Å². The van der Waals surface area contributed by atoms with Gasteiger partial charge < -0.3 is 44.7 Å². The van der Waals surface area contributed by atoms with Crippen LogP contribution < -0.4 is 29.6 Å². The summed E-state index contributed by atoms with van der Waals surface area (Å²) in [6, 6.07) is 0. The Hall–Kier alpha value is 0.550. The molecule has 0 aromatic rings. The monoisotopic (exact) mass is 686 g/mol. The van der Waals surface area contributed by atoms with E-state index in [0.717, 1.165) is 12.8 Å². The molecule has 4 aliphatic carbocycles. The fourth-order valence-electron chi connectivity index (χ4n) is 10.7. The van der Waals surface area contributed by atoms with Gasteiger partial charge in [0.05, 0.1) is 37.1 Å². The van der Waals surface area contributed by atoms with Crippen molar-refractivity contribution in [2.45, 2.75) is 141 Å². The number of rotatable bonds is 9. The van der Waals surface area contributed by atoms with Gasteiger partial charge in [-0.3, -0.25) is 4.18 Å².